The predicted molar refractivity (Wildman–Crippen MR) is 90.1 cm³/mol. The molecule has 0 spiro atoms. The van der Waals surface area contributed by atoms with Crippen LogP contribution in [0.1, 0.15) is 53.5 Å². The molecule has 20 heavy (non-hydrogen) atoms. The Morgan fingerprint density at radius 1 is 1.40 bits per heavy atom. The van der Waals surface area contributed by atoms with Gasteiger partial charge in [-0.1, -0.05) is 6.92 Å². The highest BCUT2D eigenvalue weighted by molar-refractivity contribution is 8.01. The maximum absolute atomic E-state index is 4.55. The van der Waals surface area contributed by atoms with Crippen LogP contribution in [-0.2, 0) is 0 Å². The van der Waals surface area contributed by atoms with Crippen molar-refractivity contribution in [3.8, 4) is 0 Å². The summed E-state index contributed by atoms with van der Waals surface area (Å²) >= 11 is 5.72. The van der Waals surface area contributed by atoms with Crippen LogP contribution in [0, 0.1) is 13.8 Å². The smallest absolute Gasteiger partial charge is 0.0900 e. The minimum atomic E-state index is 0.370. The van der Waals surface area contributed by atoms with Gasteiger partial charge in [-0.05, 0) is 44.2 Å². The fourth-order valence-electron chi connectivity index (χ4n) is 2.83. The van der Waals surface area contributed by atoms with Crippen molar-refractivity contribution in [2.75, 3.05) is 0 Å². The van der Waals surface area contributed by atoms with Crippen molar-refractivity contribution in [3.05, 3.63) is 32.6 Å². The molecule has 3 rings (SSSR count). The van der Waals surface area contributed by atoms with Gasteiger partial charge in [0.05, 0.1) is 14.9 Å². The Bertz CT molecular complexity index is 602. The minimum Gasteiger partial charge on any atom is -0.302 e. The third-order valence-electron chi connectivity index (χ3n) is 3.69. The maximum atomic E-state index is 4.55. The molecular weight excluding hydrogens is 304 g/mol. The topological polar surface area (TPSA) is 24.9 Å². The van der Waals surface area contributed by atoms with E-state index in [1.807, 2.05) is 34.4 Å². The van der Waals surface area contributed by atoms with Gasteiger partial charge in [-0.3, -0.25) is 0 Å². The van der Waals surface area contributed by atoms with Gasteiger partial charge < -0.3 is 5.32 Å². The van der Waals surface area contributed by atoms with Gasteiger partial charge in [-0.2, -0.15) is 0 Å². The Kier molecular flexibility index (Phi) is 4.22. The van der Waals surface area contributed by atoms with Crippen molar-refractivity contribution in [3.63, 3.8) is 0 Å². The van der Waals surface area contributed by atoms with Gasteiger partial charge >= 0.3 is 0 Å². The fourth-order valence-corrected chi connectivity index (χ4v) is 6.34. The van der Waals surface area contributed by atoms with Crippen molar-refractivity contribution in [2.24, 2.45) is 0 Å². The van der Waals surface area contributed by atoms with Crippen molar-refractivity contribution in [2.45, 2.75) is 55.7 Å². The molecule has 0 bridgehead atoms. The van der Waals surface area contributed by atoms with Crippen molar-refractivity contribution in [1.82, 2.24) is 10.3 Å². The van der Waals surface area contributed by atoms with E-state index < -0.39 is 0 Å². The Morgan fingerprint density at radius 3 is 2.90 bits per heavy atom. The number of thiophene rings is 1. The lowest BCUT2D eigenvalue weighted by Crippen LogP contribution is -2.28. The molecule has 5 heteroatoms. The van der Waals surface area contributed by atoms with Crippen LogP contribution in [0.3, 0.4) is 0 Å². The molecule has 108 valence electrons. The molecule has 0 saturated heterocycles. The number of rotatable bonds is 3. The second-order valence-corrected chi connectivity index (χ2v) is 9.31. The monoisotopic (exact) mass is 324 g/mol. The largest absolute Gasteiger partial charge is 0.302 e. The lowest BCUT2D eigenvalue weighted by Gasteiger charge is -2.30. The van der Waals surface area contributed by atoms with E-state index in [4.69, 9.17) is 0 Å². The SMILES string of the molecule is Cc1nc(C)c(C(C)NC2C[C@H](C)Sc3sccc32)s1. The van der Waals surface area contributed by atoms with Crippen LogP contribution in [0.2, 0.25) is 0 Å². The minimum absolute atomic E-state index is 0.370. The van der Waals surface area contributed by atoms with E-state index >= 15 is 0 Å². The first kappa shape index (κ1) is 14.6. The Labute approximate surface area is 133 Å². The first-order chi connectivity index (χ1) is 9.54. The number of aryl methyl sites for hydroxylation is 2. The Hall–Kier alpha value is -0.360. The summed E-state index contributed by atoms with van der Waals surface area (Å²) in [6.07, 6.45) is 1.20. The molecule has 0 aliphatic carbocycles. The van der Waals surface area contributed by atoms with Crippen LogP contribution in [-0.4, -0.2) is 10.2 Å². The van der Waals surface area contributed by atoms with Crippen molar-refractivity contribution >= 4 is 34.4 Å². The molecular formula is C15H20N2S3. The molecule has 0 aromatic carbocycles. The van der Waals surface area contributed by atoms with Gasteiger partial charge in [0.1, 0.15) is 0 Å². The summed E-state index contributed by atoms with van der Waals surface area (Å²) in [4.78, 5) is 5.93. The second-order valence-electron chi connectivity index (χ2n) is 5.45. The molecule has 2 nitrogen and oxygen atoms in total. The molecule has 2 aromatic heterocycles. The number of hydrogen-bond donors (Lipinski definition) is 1. The van der Waals surface area contributed by atoms with Crippen LogP contribution < -0.4 is 5.32 Å². The number of nitrogens with zero attached hydrogens (tertiary/aromatic N) is 1. The van der Waals surface area contributed by atoms with Crippen LogP contribution in [0.5, 0.6) is 0 Å². The number of fused-ring (bicyclic) bond motifs is 1. The highest BCUT2D eigenvalue weighted by Gasteiger charge is 2.28. The summed E-state index contributed by atoms with van der Waals surface area (Å²) in [5.41, 5.74) is 2.67. The molecule has 3 atom stereocenters. The van der Waals surface area contributed by atoms with Gasteiger partial charge in [-0.25, -0.2) is 4.98 Å². The number of thiazole rings is 1. The highest BCUT2D eigenvalue weighted by atomic mass is 32.2. The summed E-state index contributed by atoms with van der Waals surface area (Å²) in [5, 5.41) is 7.90. The van der Waals surface area contributed by atoms with E-state index in [1.165, 1.54) is 26.8 Å². The third kappa shape index (κ3) is 2.82. The first-order valence-corrected chi connectivity index (χ1v) is 9.56. The molecule has 2 unspecified atom stereocenters. The fraction of sp³-hybridized carbons (Fsp3) is 0.533. The summed E-state index contributed by atoms with van der Waals surface area (Å²) in [6.45, 7) is 8.80. The van der Waals surface area contributed by atoms with E-state index in [2.05, 4.69) is 49.4 Å². The van der Waals surface area contributed by atoms with E-state index in [1.54, 1.807) is 0 Å². The summed E-state index contributed by atoms with van der Waals surface area (Å²) in [7, 11) is 0. The third-order valence-corrected chi connectivity index (χ3v) is 7.29. The van der Waals surface area contributed by atoms with E-state index in [0.29, 0.717) is 17.3 Å². The number of hydrogen-bond acceptors (Lipinski definition) is 5. The zero-order valence-corrected chi connectivity index (χ0v) is 14.7. The first-order valence-electron chi connectivity index (χ1n) is 6.98. The van der Waals surface area contributed by atoms with E-state index in [0.717, 1.165) is 5.01 Å². The normalized spacial score (nSPS) is 23.6. The van der Waals surface area contributed by atoms with Gasteiger partial charge in [0.25, 0.3) is 0 Å². The Balaban J connectivity index is 1.80. The van der Waals surface area contributed by atoms with Gasteiger partial charge in [0.2, 0.25) is 0 Å². The van der Waals surface area contributed by atoms with E-state index in [-0.39, 0.29) is 0 Å². The predicted octanol–water partition coefficient (Wildman–Crippen LogP) is 5.10. The van der Waals surface area contributed by atoms with Crippen molar-refractivity contribution < 1.29 is 0 Å². The van der Waals surface area contributed by atoms with E-state index in [9.17, 15) is 0 Å². The molecule has 1 aliphatic rings. The molecule has 3 heterocycles. The highest BCUT2D eigenvalue weighted by Crippen LogP contribution is 2.44. The molecule has 1 aliphatic heterocycles. The summed E-state index contributed by atoms with van der Waals surface area (Å²) < 4.78 is 1.49. The maximum Gasteiger partial charge on any atom is 0.0900 e. The van der Waals surface area contributed by atoms with Gasteiger partial charge in [0.15, 0.2) is 0 Å². The molecule has 0 amide bonds. The second kappa shape index (κ2) is 5.79. The molecule has 1 N–H and O–H groups in total. The summed E-state index contributed by atoms with van der Waals surface area (Å²) in [6, 6.07) is 3.13. The molecule has 0 fully saturated rings. The average molecular weight is 325 g/mol. The quantitative estimate of drug-likeness (QED) is 0.850. The van der Waals surface area contributed by atoms with Gasteiger partial charge in [0, 0.05) is 22.2 Å². The average Bonchev–Trinajstić information content (AvgIpc) is 2.95. The lowest BCUT2D eigenvalue weighted by molar-refractivity contribution is 0.438. The Morgan fingerprint density at radius 2 is 2.20 bits per heavy atom. The zero-order chi connectivity index (χ0) is 14.3. The number of aromatic nitrogens is 1. The standard InChI is InChI=1S/C15H20N2S3/c1-8-7-13(12-5-6-18-15(12)19-8)17-10(3)14-9(2)16-11(4)20-14/h5-6,8,10,13,17H,7H2,1-4H3/t8-,10?,13?/m0/s1. The van der Waals surface area contributed by atoms with Gasteiger partial charge in [-0.15, -0.1) is 34.4 Å². The molecule has 2 aromatic rings. The summed E-state index contributed by atoms with van der Waals surface area (Å²) in [5.74, 6) is 0. The van der Waals surface area contributed by atoms with Crippen LogP contribution >= 0.6 is 34.4 Å². The number of nitrogens with one attached hydrogen (secondary N) is 1. The zero-order valence-electron chi connectivity index (χ0n) is 12.3. The van der Waals surface area contributed by atoms with Crippen molar-refractivity contribution in [1.29, 1.82) is 0 Å². The molecule has 0 saturated carbocycles. The van der Waals surface area contributed by atoms with Crippen LogP contribution in [0.15, 0.2) is 15.7 Å². The van der Waals surface area contributed by atoms with Crippen LogP contribution in [0.25, 0.3) is 0 Å². The lowest BCUT2D eigenvalue weighted by atomic mass is 10.0. The number of thioether (sulfide) groups is 1. The molecule has 0 radical (unpaired) electrons. The van der Waals surface area contributed by atoms with Crippen LogP contribution in [0.4, 0.5) is 0 Å².